The van der Waals surface area contributed by atoms with Crippen molar-refractivity contribution in [2.75, 3.05) is 19.5 Å². The highest BCUT2D eigenvalue weighted by Gasteiger charge is 2.05. The van der Waals surface area contributed by atoms with Crippen molar-refractivity contribution in [2.45, 2.75) is 0 Å². The first kappa shape index (κ1) is 10.7. The number of ether oxygens (including phenoxy) is 2. The maximum atomic E-state index is 10.8. The maximum Gasteiger partial charge on any atom is 0.343 e. The van der Waals surface area contributed by atoms with E-state index >= 15 is 0 Å². The standard InChI is InChI=1S/C9H10ClNO3/c1-13-9(12)5-14-8-4-6(11)2-3-7(8)10/h2-4H,5,11H2,1H3. The predicted molar refractivity (Wildman–Crippen MR) is 53.4 cm³/mol. The molecule has 0 amide bonds. The number of carbonyl (C=O) groups is 1. The molecule has 0 aromatic heterocycles. The molecule has 0 aliphatic heterocycles. The van der Waals surface area contributed by atoms with Crippen LogP contribution >= 0.6 is 11.6 Å². The molecule has 5 heteroatoms. The summed E-state index contributed by atoms with van der Waals surface area (Å²) < 4.78 is 9.49. The van der Waals surface area contributed by atoms with Gasteiger partial charge in [-0.25, -0.2) is 4.79 Å². The lowest BCUT2D eigenvalue weighted by atomic mass is 10.3. The zero-order chi connectivity index (χ0) is 10.6. The number of anilines is 1. The van der Waals surface area contributed by atoms with Crippen LogP contribution in [0, 0.1) is 0 Å². The van der Waals surface area contributed by atoms with Crippen molar-refractivity contribution in [3.63, 3.8) is 0 Å². The molecule has 76 valence electrons. The Hall–Kier alpha value is -1.42. The van der Waals surface area contributed by atoms with Gasteiger partial charge in [-0.15, -0.1) is 0 Å². The number of rotatable bonds is 3. The van der Waals surface area contributed by atoms with Crippen LogP contribution in [0.5, 0.6) is 5.75 Å². The minimum absolute atomic E-state index is 0.181. The number of halogens is 1. The van der Waals surface area contributed by atoms with Gasteiger partial charge in [0.25, 0.3) is 0 Å². The smallest absolute Gasteiger partial charge is 0.343 e. The number of carbonyl (C=O) groups excluding carboxylic acids is 1. The molecule has 1 aromatic rings. The number of nitrogen functional groups attached to an aromatic ring is 1. The summed E-state index contributed by atoms with van der Waals surface area (Å²) in [6.07, 6.45) is 0. The maximum absolute atomic E-state index is 10.8. The van der Waals surface area contributed by atoms with Crippen molar-refractivity contribution in [1.82, 2.24) is 0 Å². The molecule has 0 saturated carbocycles. The van der Waals surface area contributed by atoms with E-state index in [-0.39, 0.29) is 6.61 Å². The van der Waals surface area contributed by atoms with Crippen LogP contribution in [0.3, 0.4) is 0 Å². The van der Waals surface area contributed by atoms with Crippen LogP contribution in [0.25, 0.3) is 0 Å². The van der Waals surface area contributed by atoms with E-state index in [2.05, 4.69) is 4.74 Å². The van der Waals surface area contributed by atoms with Gasteiger partial charge >= 0.3 is 5.97 Å². The SMILES string of the molecule is COC(=O)COc1cc(N)ccc1Cl. The van der Waals surface area contributed by atoms with Gasteiger partial charge in [0.2, 0.25) is 0 Å². The molecule has 0 atom stereocenters. The van der Waals surface area contributed by atoms with Gasteiger partial charge in [-0.2, -0.15) is 0 Å². The first-order chi connectivity index (χ1) is 6.63. The van der Waals surface area contributed by atoms with Crippen molar-refractivity contribution in [3.05, 3.63) is 23.2 Å². The third-order valence-electron chi connectivity index (χ3n) is 1.53. The van der Waals surface area contributed by atoms with E-state index in [0.29, 0.717) is 16.5 Å². The quantitative estimate of drug-likeness (QED) is 0.613. The third-order valence-corrected chi connectivity index (χ3v) is 1.84. The number of methoxy groups -OCH3 is 1. The summed E-state index contributed by atoms with van der Waals surface area (Å²) in [6.45, 7) is -0.181. The van der Waals surface area contributed by atoms with Crippen LogP contribution in [0.4, 0.5) is 5.69 Å². The molecule has 1 rings (SSSR count). The first-order valence-corrected chi connectivity index (χ1v) is 4.26. The molecule has 2 N–H and O–H groups in total. The third kappa shape index (κ3) is 2.81. The summed E-state index contributed by atoms with van der Waals surface area (Å²) in [7, 11) is 1.28. The minimum atomic E-state index is -0.469. The van der Waals surface area contributed by atoms with Crippen molar-refractivity contribution in [3.8, 4) is 5.75 Å². The molecule has 0 radical (unpaired) electrons. The first-order valence-electron chi connectivity index (χ1n) is 3.88. The van der Waals surface area contributed by atoms with E-state index in [1.807, 2.05) is 0 Å². The molecule has 0 heterocycles. The van der Waals surface area contributed by atoms with E-state index in [1.165, 1.54) is 7.11 Å². The summed E-state index contributed by atoms with van der Waals surface area (Å²) in [5, 5.41) is 0.406. The Labute approximate surface area is 86.6 Å². The lowest BCUT2D eigenvalue weighted by Crippen LogP contribution is -2.12. The molecule has 4 nitrogen and oxygen atoms in total. The Morgan fingerprint density at radius 2 is 2.29 bits per heavy atom. The fourth-order valence-corrected chi connectivity index (χ4v) is 0.998. The molecular weight excluding hydrogens is 206 g/mol. The lowest BCUT2D eigenvalue weighted by Gasteiger charge is -2.06. The van der Waals surface area contributed by atoms with Gasteiger partial charge in [-0.1, -0.05) is 11.6 Å². The normalized spacial score (nSPS) is 9.57. The van der Waals surface area contributed by atoms with Gasteiger partial charge < -0.3 is 15.2 Å². The molecule has 14 heavy (non-hydrogen) atoms. The van der Waals surface area contributed by atoms with Crippen molar-refractivity contribution in [1.29, 1.82) is 0 Å². The fourth-order valence-electron chi connectivity index (χ4n) is 0.826. The Balaban J connectivity index is 2.66. The molecule has 0 fully saturated rings. The topological polar surface area (TPSA) is 61.5 Å². The Kier molecular flexibility index (Phi) is 3.59. The highest BCUT2D eigenvalue weighted by molar-refractivity contribution is 6.32. The number of benzene rings is 1. The summed E-state index contributed by atoms with van der Waals surface area (Å²) in [6, 6.07) is 4.79. The molecule has 0 aliphatic rings. The van der Waals surface area contributed by atoms with Crippen LogP contribution in [-0.4, -0.2) is 19.7 Å². The van der Waals surface area contributed by atoms with Crippen molar-refractivity contribution in [2.24, 2.45) is 0 Å². The molecule has 0 aliphatic carbocycles. The molecule has 0 spiro atoms. The second kappa shape index (κ2) is 4.72. The number of hydrogen-bond donors (Lipinski definition) is 1. The zero-order valence-corrected chi connectivity index (χ0v) is 8.38. The monoisotopic (exact) mass is 215 g/mol. The summed E-state index contributed by atoms with van der Waals surface area (Å²) in [5.41, 5.74) is 6.03. The zero-order valence-electron chi connectivity index (χ0n) is 7.62. The van der Waals surface area contributed by atoms with Crippen molar-refractivity contribution >= 4 is 23.3 Å². The summed E-state index contributed by atoms with van der Waals surface area (Å²) in [4.78, 5) is 10.8. The van der Waals surface area contributed by atoms with Gasteiger partial charge in [-0.05, 0) is 12.1 Å². The second-order valence-electron chi connectivity index (χ2n) is 2.55. The predicted octanol–water partition coefficient (Wildman–Crippen LogP) is 1.47. The summed E-state index contributed by atoms with van der Waals surface area (Å²) in [5.74, 6) is -0.0967. The van der Waals surface area contributed by atoms with E-state index in [0.717, 1.165) is 0 Å². The minimum Gasteiger partial charge on any atom is -0.480 e. The van der Waals surface area contributed by atoms with E-state index < -0.39 is 5.97 Å². The Bertz CT molecular complexity index is 341. The van der Waals surface area contributed by atoms with Crippen LogP contribution < -0.4 is 10.5 Å². The van der Waals surface area contributed by atoms with E-state index in [9.17, 15) is 4.79 Å². The average Bonchev–Trinajstić information content (AvgIpc) is 2.19. The highest BCUT2D eigenvalue weighted by atomic mass is 35.5. The van der Waals surface area contributed by atoms with Crippen molar-refractivity contribution < 1.29 is 14.3 Å². The second-order valence-corrected chi connectivity index (χ2v) is 2.96. The Morgan fingerprint density at radius 3 is 2.93 bits per heavy atom. The number of esters is 1. The molecule has 0 saturated heterocycles. The van der Waals surface area contributed by atoms with Gasteiger partial charge in [0, 0.05) is 11.8 Å². The largest absolute Gasteiger partial charge is 0.480 e. The molecule has 0 unspecified atom stereocenters. The van der Waals surface area contributed by atoms with Gasteiger partial charge in [0.05, 0.1) is 12.1 Å². The van der Waals surface area contributed by atoms with Gasteiger partial charge in [-0.3, -0.25) is 0 Å². The van der Waals surface area contributed by atoms with E-state index in [1.54, 1.807) is 18.2 Å². The number of hydrogen-bond acceptors (Lipinski definition) is 4. The van der Waals surface area contributed by atoms with Crippen LogP contribution in [-0.2, 0) is 9.53 Å². The van der Waals surface area contributed by atoms with Crippen LogP contribution in [0.15, 0.2) is 18.2 Å². The molecule has 0 bridgehead atoms. The fraction of sp³-hybridized carbons (Fsp3) is 0.222. The van der Waals surface area contributed by atoms with Gasteiger partial charge in [0.15, 0.2) is 6.61 Å². The molecule has 1 aromatic carbocycles. The van der Waals surface area contributed by atoms with Crippen LogP contribution in [0.2, 0.25) is 5.02 Å². The van der Waals surface area contributed by atoms with Crippen LogP contribution in [0.1, 0.15) is 0 Å². The van der Waals surface area contributed by atoms with Gasteiger partial charge in [0.1, 0.15) is 5.75 Å². The summed E-state index contributed by atoms with van der Waals surface area (Å²) >= 11 is 5.79. The lowest BCUT2D eigenvalue weighted by molar-refractivity contribution is -0.142. The van der Waals surface area contributed by atoms with E-state index in [4.69, 9.17) is 22.1 Å². The molecular formula is C9H10ClNO3. The highest BCUT2D eigenvalue weighted by Crippen LogP contribution is 2.26. The number of nitrogens with two attached hydrogens (primary N) is 1. The Morgan fingerprint density at radius 1 is 1.57 bits per heavy atom. The average molecular weight is 216 g/mol.